The summed E-state index contributed by atoms with van der Waals surface area (Å²) in [7, 11) is 3.99. The van der Waals surface area contributed by atoms with E-state index >= 15 is 0 Å². The second-order valence-electron chi connectivity index (χ2n) is 6.22. The average Bonchev–Trinajstić information content (AvgIpc) is 2.54. The zero-order valence-corrected chi connectivity index (χ0v) is 16.0. The van der Waals surface area contributed by atoms with Crippen LogP contribution in [0.3, 0.4) is 0 Å². The lowest BCUT2D eigenvalue weighted by atomic mass is 10.4. The van der Waals surface area contributed by atoms with Gasteiger partial charge >= 0.3 is 6.01 Å². The summed E-state index contributed by atoms with van der Waals surface area (Å²) < 4.78 is 16.8. The summed E-state index contributed by atoms with van der Waals surface area (Å²) in [6.45, 7) is 7.93. The fourth-order valence-corrected chi connectivity index (χ4v) is 1.82. The van der Waals surface area contributed by atoms with Crippen molar-refractivity contribution in [2.75, 3.05) is 58.9 Å². The van der Waals surface area contributed by atoms with E-state index in [0.717, 1.165) is 25.9 Å². The van der Waals surface area contributed by atoms with Crippen LogP contribution in [0.15, 0.2) is 6.07 Å². The minimum atomic E-state index is 0.248. The maximum absolute atomic E-state index is 5.70. The molecule has 0 bridgehead atoms. The van der Waals surface area contributed by atoms with Crippen LogP contribution in [0.25, 0.3) is 0 Å². The molecule has 0 atom stereocenters. The molecule has 144 valence electrons. The number of ether oxygens (including phenoxy) is 3. The van der Waals surface area contributed by atoms with Crippen molar-refractivity contribution in [3.63, 3.8) is 0 Å². The Bertz CT molecular complexity index is 472. The molecule has 1 aromatic rings. The van der Waals surface area contributed by atoms with Gasteiger partial charge in [-0.05, 0) is 47.3 Å². The average molecular weight is 355 g/mol. The lowest BCUT2D eigenvalue weighted by Crippen LogP contribution is -2.20. The Morgan fingerprint density at radius 1 is 1.12 bits per heavy atom. The molecule has 0 aliphatic carbocycles. The highest BCUT2D eigenvalue weighted by Crippen LogP contribution is 2.18. The molecule has 1 rings (SSSR count). The Kier molecular flexibility index (Phi) is 10.9. The number of likely N-dealkylation sites (N-methyl/N-ethyl adjacent to an activating group) is 1. The van der Waals surface area contributed by atoms with Crippen molar-refractivity contribution in [3.05, 3.63) is 6.07 Å². The molecule has 0 aliphatic heterocycles. The Balaban J connectivity index is 2.57. The third-order valence-electron chi connectivity index (χ3n) is 3.13. The van der Waals surface area contributed by atoms with Crippen molar-refractivity contribution in [1.82, 2.24) is 14.9 Å². The number of anilines is 1. The fraction of sp³-hybridized carbons (Fsp3) is 0.765. The molecular weight excluding hydrogens is 322 g/mol. The van der Waals surface area contributed by atoms with Gasteiger partial charge in [0, 0.05) is 25.8 Å². The molecule has 0 aliphatic rings. The van der Waals surface area contributed by atoms with Crippen LogP contribution in [0, 0.1) is 0 Å². The van der Waals surface area contributed by atoms with Gasteiger partial charge in [-0.15, -0.1) is 0 Å². The second kappa shape index (κ2) is 12.7. The summed E-state index contributed by atoms with van der Waals surface area (Å²) in [4.78, 5) is 10.7. The molecular formula is C17H33N5O3. The van der Waals surface area contributed by atoms with E-state index in [2.05, 4.69) is 15.3 Å². The quantitative estimate of drug-likeness (QED) is 0.483. The number of nitrogens with one attached hydrogen (secondary N) is 1. The molecule has 8 heteroatoms. The normalized spacial score (nSPS) is 11.2. The van der Waals surface area contributed by atoms with Crippen LogP contribution in [0.4, 0.5) is 5.82 Å². The molecule has 3 N–H and O–H groups in total. The van der Waals surface area contributed by atoms with Crippen molar-refractivity contribution < 1.29 is 14.2 Å². The van der Waals surface area contributed by atoms with Crippen LogP contribution in [-0.2, 0) is 4.74 Å². The van der Waals surface area contributed by atoms with Gasteiger partial charge in [0.2, 0.25) is 5.88 Å². The largest absolute Gasteiger partial charge is 0.476 e. The van der Waals surface area contributed by atoms with Gasteiger partial charge in [-0.2, -0.15) is 9.97 Å². The van der Waals surface area contributed by atoms with E-state index in [1.807, 2.05) is 32.8 Å². The highest BCUT2D eigenvalue weighted by molar-refractivity contribution is 5.39. The van der Waals surface area contributed by atoms with Crippen LogP contribution >= 0.6 is 0 Å². The van der Waals surface area contributed by atoms with Gasteiger partial charge in [0.25, 0.3) is 0 Å². The van der Waals surface area contributed by atoms with E-state index < -0.39 is 0 Å². The summed E-state index contributed by atoms with van der Waals surface area (Å²) in [5, 5.41) is 3.26. The number of hydrogen-bond acceptors (Lipinski definition) is 8. The molecule has 0 amide bonds. The number of hydrogen-bond donors (Lipinski definition) is 2. The third kappa shape index (κ3) is 10.8. The van der Waals surface area contributed by atoms with Gasteiger partial charge in [0.1, 0.15) is 12.4 Å². The molecule has 0 aromatic carbocycles. The van der Waals surface area contributed by atoms with E-state index in [1.54, 1.807) is 6.07 Å². The zero-order valence-electron chi connectivity index (χ0n) is 16.0. The van der Waals surface area contributed by atoms with E-state index in [-0.39, 0.29) is 6.10 Å². The lowest BCUT2D eigenvalue weighted by molar-refractivity contribution is 0.0787. The minimum Gasteiger partial charge on any atom is -0.476 e. The Hall–Kier alpha value is -1.64. The highest BCUT2D eigenvalue weighted by Gasteiger charge is 2.07. The van der Waals surface area contributed by atoms with E-state index in [1.165, 1.54) is 0 Å². The van der Waals surface area contributed by atoms with Crippen molar-refractivity contribution in [3.8, 4) is 11.9 Å². The van der Waals surface area contributed by atoms with E-state index in [4.69, 9.17) is 19.9 Å². The second-order valence-corrected chi connectivity index (χ2v) is 6.22. The van der Waals surface area contributed by atoms with Gasteiger partial charge in [-0.25, -0.2) is 0 Å². The number of nitrogens with zero attached hydrogens (tertiary/aromatic N) is 3. The zero-order chi connectivity index (χ0) is 18.5. The first-order chi connectivity index (χ1) is 12.0. The summed E-state index contributed by atoms with van der Waals surface area (Å²) in [6, 6.07) is 2.09. The standard InChI is InChI=1S/C17H33N5O3/c1-14(2)23-11-6-8-19-15-13-16(24-12-9-22(3)4)21-17(20-15)25-10-5-7-18/h13-14H,5-12,18H2,1-4H3,(H,19,20,21). The highest BCUT2D eigenvalue weighted by atomic mass is 16.5. The molecule has 25 heavy (non-hydrogen) atoms. The molecule has 0 saturated heterocycles. The lowest BCUT2D eigenvalue weighted by Gasteiger charge is -2.13. The third-order valence-corrected chi connectivity index (χ3v) is 3.13. The Labute approximate surface area is 151 Å². The number of rotatable bonds is 14. The van der Waals surface area contributed by atoms with Gasteiger partial charge < -0.3 is 30.2 Å². The first kappa shape index (κ1) is 21.4. The van der Waals surface area contributed by atoms with Crippen LogP contribution < -0.4 is 20.5 Å². The van der Waals surface area contributed by atoms with Crippen molar-refractivity contribution >= 4 is 5.82 Å². The summed E-state index contributed by atoms with van der Waals surface area (Å²) in [6.07, 6.45) is 1.89. The maximum Gasteiger partial charge on any atom is 0.321 e. The van der Waals surface area contributed by atoms with Crippen molar-refractivity contribution in [1.29, 1.82) is 0 Å². The summed E-state index contributed by atoms with van der Waals surface area (Å²) >= 11 is 0. The Morgan fingerprint density at radius 3 is 2.60 bits per heavy atom. The van der Waals surface area contributed by atoms with Crippen LogP contribution in [0.5, 0.6) is 11.9 Å². The summed E-state index contributed by atoms with van der Waals surface area (Å²) in [5.74, 6) is 1.18. The van der Waals surface area contributed by atoms with Crippen LogP contribution in [0.2, 0.25) is 0 Å². The van der Waals surface area contributed by atoms with E-state index in [0.29, 0.717) is 44.1 Å². The van der Waals surface area contributed by atoms with Crippen molar-refractivity contribution in [2.45, 2.75) is 32.8 Å². The van der Waals surface area contributed by atoms with Crippen molar-refractivity contribution in [2.24, 2.45) is 5.73 Å². The SMILES string of the molecule is CC(C)OCCCNc1cc(OCCN(C)C)nc(OCCCN)n1. The molecule has 0 radical (unpaired) electrons. The molecule has 0 fully saturated rings. The molecule has 0 spiro atoms. The van der Waals surface area contributed by atoms with Crippen LogP contribution in [-0.4, -0.2) is 74.5 Å². The maximum atomic E-state index is 5.70. The molecule has 0 unspecified atom stereocenters. The fourth-order valence-electron chi connectivity index (χ4n) is 1.82. The first-order valence-electron chi connectivity index (χ1n) is 8.86. The topological polar surface area (TPSA) is 94.8 Å². The smallest absolute Gasteiger partial charge is 0.321 e. The molecule has 1 aromatic heterocycles. The van der Waals surface area contributed by atoms with E-state index in [9.17, 15) is 0 Å². The monoisotopic (exact) mass is 355 g/mol. The number of aromatic nitrogens is 2. The molecule has 8 nitrogen and oxygen atoms in total. The predicted octanol–water partition coefficient (Wildman–Crippen LogP) is 1.37. The first-order valence-corrected chi connectivity index (χ1v) is 8.86. The van der Waals surface area contributed by atoms with Gasteiger partial charge in [-0.3, -0.25) is 0 Å². The summed E-state index contributed by atoms with van der Waals surface area (Å²) in [5.41, 5.74) is 5.49. The van der Waals surface area contributed by atoms with Gasteiger partial charge in [0.05, 0.1) is 12.7 Å². The van der Waals surface area contributed by atoms with Gasteiger partial charge in [-0.1, -0.05) is 0 Å². The number of nitrogens with two attached hydrogens (primary N) is 1. The predicted molar refractivity (Wildman–Crippen MR) is 99.4 cm³/mol. The molecule has 0 saturated carbocycles. The Morgan fingerprint density at radius 2 is 1.92 bits per heavy atom. The minimum absolute atomic E-state index is 0.248. The van der Waals surface area contributed by atoms with Gasteiger partial charge in [0.15, 0.2) is 0 Å². The molecule has 1 heterocycles. The van der Waals surface area contributed by atoms with Crippen LogP contribution in [0.1, 0.15) is 26.7 Å².